The van der Waals surface area contributed by atoms with Crippen LogP contribution in [0.25, 0.3) is 0 Å². The number of hydrogen-bond donors (Lipinski definition) is 0. The fraction of sp³-hybridized carbons (Fsp3) is 0.750. The van der Waals surface area contributed by atoms with Crippen LogP contribution in [0.4, 0.5) is 0 Å². The van der Waals surface area contributed by atoms with Crippen LogP contribution in [0, 0.1) is 13.8 Å². The molecule has 0 amide bonds. The van der Waals surface area contributed by atoms with Crippen molar-refractivity contribution in [2.24, 2.45) is 0 Å². The second-order valence-electron chi connectivity index (χ2n) is 4.66. The average Bonchev–Trinajstić information content (AvgIpc) is 2.74. The van der Waals surface area contributed by atoms with Gasteiger partial charge in [0.15, 0.2) is 0 Å². The molecule has 1 fully saturated rings. The highest BCUT2D eigenvalue weighted by Gasteiger charge is 2.24. The van der Waals surface area contributed by atoms with Gasteiger partial charge < -0.3 is 4.90 Å². The number of likely N-dealkylation sites (N-methyl/N-ethyl adjacent to an activating group) is 1. The van der Waals surface area contributed by atoms with Crippen LogP contribution in [0.3, 0.4) is 0 Å². The fourth-order valence-corrected chi connectivity index (χ4v) is 2.46. The minimum absolute atomic E-state index is 0.592. The van der Waals surface area contributed by atoms with E-state index in [-0.39, 0.29) is 0 Å². The fourth-order valence-electron chi connectivity index (χ4n) is 2.46. The Kier molecular flexibility index (Phi) is 2.83. The molecule has 0 saturated carbocycles. The zero-order chi connectivity index (χ0) is 11.0. The molecule has 1 aliphatic rings. The molecule has 0 aromatic carbocycles. The van der Waals surface area contributed by atoms with Crippen molar-refractivity contribution >= 4 is 0 Å². The smallest absolute Gasteiger partial charge is 0.0661 e. The maximum atomic E-state index is 4.73. The highest BCUT2D eigenvalue weighted by atomic mass is 15.3. The first-order chi connectivity index (χ1) is 7.13. The van der Waals surface area contributed by atoms with E-state index in [9.17, 15) is 0 Å². The lowest BCUT2D eigenvalue weighted by Gasteiger charge is -2.13. The van der Waals surface area contributed by atoms with Gasteiger partial charge in [-0.2, -0.15) is 5.10 Å². The summed E-state index contributed by atoms with van der Waals surface area (Å²) in [5.41, 5.74) is 4.00. The summed E-state index contributed by atoms with van der Waals surface area (Å²) < 4.78 is 2.25. The van der Waals surface area contributed by atoms with Crippen LogP contribution in [0.1, 0.15) is 36.3 Å². The Morgan fingerprint density at radius 3 is 2.60 bits per heavy atom. The molecule has 15 heavy (non-hydrogen) atoms. The predicted molar refractivity (Wildman–Crippen MR) is 62.2 cm³/mol. The quantitative estimate of drug-likeness (QED) is 0.739. The molecular formula is C12H21N3. The van der Waals surface area contributed by atoms with Gasteiger partial charge >= 0.3 is 0 Å². The van der Waals surface area contributed by atoms with E-state index in [0.717, 1.165) is 13.0 Å². The SMILES string of the molecule is CCc1nn(C2CCN(C)C2)c(C)c1C. The lowest BCUT2D eigenvalue weighted by Crippen LogP contribution is -2.18. The third-order valence-electron chi connectivity index (χ3n) is 3.59. The van der Waals surface area contributed by atoms with Gasteiger partial charge in [-0.25, -0.2) is 0 Å². The highest BCUT2D eigenvalue weighted by Crippen LogP contribution is 2.24. The number of aryl methyl sites for hydroxylation is 1. The summed E-state index contributed by atoms with van der Waals surface area (Å²) in [6, 6.07) is 0.592. The van der Waals surface area contributed by atoms with E-state index < -0.39 is 0 Å². The van der Waals surface area contributed by atoms with Crippen LogP contribution in [0.15, 0.2) is 0 Å². The van der Waals surface area contributed by atoms with Crippen molar-refractivity contribution in [1.82, 2.24) is 14.7 Å². The first kappa shape index (κ1) is 10.7. The number of nitrogens with zero attached hydrogens (tertiary/aromatic N) is 3. The third kappa shape index (κ3) is 1.81. The molecule has 2 heterocycles. The summed E-state index contributed by atoms with van der Waals surface area (Å²) in [7, 11) is 2.19. The normalized spacial score (nSPS) is 22.5. The van der Waals surface area contributed by atoms with Gasteiger partial charge in [-0.1, -0.05) is 6.92 Å². The van der Waals surface area contributed by atoms with E-state index in [4.69, 9.17) is 5.10 Å². The minimum Gasteiger partial charge on any atom is -0.304 e. The summed E-state index contributed by atoms with van der Waals surface area (Å²) in [6.07, 6.45) is 2.28. The van der Waals surface area contributed by atoms with Gasteiger partial charge in [0.2, 0.25) is 0 Å². The molecule has 0 bridgehead atoms. The Morgan fingerprint density at radius 2 is 2.13 bits per heavy atom. The molecule has 0 spiro atoms. The molecule has 0 N–H and O–H groups in total. The van der Waals surface area contributed by atoms with Gasteiger partial charge in [-0.05, 0) is 45.8 Å². The van der Waals surface area contributed by atoms with Crippen LogP contribution in [0.2, 0.25) is 0 Å². The van der Waals surface area contributed by atoms with E-state index in [0.29, 0.717) is 6.04 Å². The van der Waals surface area contributed by atoms with Gasteiger partial charge in [-0.3, -0.25) is 4.68 Å². The summed E-state index contributed by atoms with van der Waals surface area (Å²) in [6.45, 7) is 8.91. The van der Waals surface area contributed by atoms with Gasteiger partial charge in [-0.15, -0.1) is 0 Å². The van der Waals surface area contributed by atoms with Crippen molar-refractivity contribution in [1.29, 1.82) is 0 Å². The molecule has 0 radical (unpaired) electrons. The molecule has 1 saturated heterocycles. The molecule has 1 atom stereocenters. The van der Waals surface area contributed by atoms with Gasteiger partial charge in [0, 0.05) is 12.2 Å². The van der Waals surface area contributed by atoms with Crippen LogP contribution in [-0.2, 0) is 6.42 Å². The zero-order valence-electron chi connectivity index (χ0n) is 10.2. The molecule has 84 valence electrons. The van der Waals surface area contributed by atoms with Crippen molar-refractivity contribution in [2.75, 3.05) is 20.1 Å². The molecule has 1 aromatic rings. The summed E-state index contributed by atoms with van der Waals surface area (Å²) in [4.78, 5) is 2.38. The highest BCUT2D eigenvalue weighted by molar-refractivity contribution is 5.24. The molecule has 1 aliphatic heterocycles. The van der Waals surface area contributed by atoms with Crippen molar-refractivity contribution in [3.05, 3.63) is 17.0 Å². The zero-order valence-corrected chi connectivity index (χ0v) is 10.2. The number of likely N-dealkylation sites (tertiary alicyclic amines) is 1. The number of hydrogen-bond acceptors (Lipinski definition) is 2. The lowest BCUT2D eigenvalue weighted by atomic mass is 10.2. The number of rotatable bonds is 2. The van der Waals surface area contributed by atoms with Crippen LogP contribution in [0.5, 0.6) is 0 Å². The maximum Gasteiger partial charge on any atom is 0.0661 e. The summed E-state index contributed by atoms with van der Waals surface area (Å²) >= 11 is 0. The first-order valence-corrected chi connectivity index (χ1v) is 5.86. The Labute approximate surface area is 92.1 Å². The Balaban J connectivity index is 2.28. The second-order valence-corrected chi connectivity index (χ2v) is 4.66. The molecule has 0 aliphatic carbocycles. The van der Waals surface area contributed by atoms with Crippen molar-refractivity contribution in [3.8, 4) is 0 Å². The van der Waals surface area contributed by atoms with Crippen molar-refractivity contribution < 1.29 is 0 Å². The monoisotopic (exact) mass is 207 g/mol. The van der Waals surface area contributed by atoms with Crippen LogP contribution >= 0.6 is 0 Å². The van der Waals surface area contributed by atoms with E-state index in [1.165, 1.54) is 29.9 Å². The Bertz CT molecular complexity index is 354. The second kappa shape index (κ2) is 3.97. The lowest BCUT2D eigenvalue weighted by molar-refractivity contribution is 0.378. The van der Waals surface area contributed by atoms with Crippen LogP contribution in [-0.4, -0.2) is 34.8 Å². The molecule has 3 heteroatoms. The molecule has 2 rings (SSSR count). The van der Waals surface area contributed by atoms with Gasteiger partial charge in [0.1, 0.15) is 0 Å². The van der Waals surface area contributed by atoms with Crippen molar-refractivity contribution in [3.63, 3.8) is 0 Å². The minimum atomic E-state index is 0.592. The summed E-state index contributed by atoms with van der Waals surface area (Å²) in [5, 5.41) is 4.73. The van der Waals surface area contributed by atoms with E-state index in [1.54, 1.807) is 0 Å². The molecule has 3 nitrogen and oxygen atoms in total. The van der Waals surface area contributed by atoms with Crippen LogP contribution < -0.4 is 0 Å². The average molecular weight is 207 g/mol. The molecule has 1 aromatic heterocycles. The maximum absolute atomic E-state index is 4.73. The van der Waals surface area contributed by atoms with E-state index >= 15 is 0 Å². The molecular weight excluding hydrogens is 186 g/mol. The number of aromatic nitrogens is 2. The first-order valence-electron chi connectivity index (χ1n) is 5.86. The van der Waals surface area contributed by atoms with Crippen molar-refractivity contribution in [2.45, 2.75) is 39.7 Å². The Morgan fingerprint density at radius 1 is 1.40 bits per heavy atom. The predicted octanol–water partition coefficient (Wildman–Crippen LogP) is 1.94. The van der Waals surface area contributed by atoms with E-state index in [2.05, 4.69) is 37.4 Å². The standard InChI is InChI=1S/C12H21N3/c1-5-12-9(2)10(3)15(13-12)11-6-7-14(4)8-11/h11H,5-8H2,1-4H3. The molecule has 1 unspecified atom stereocenters. The summed E-state index contributed by atoms with van der Waals surface area (Å²) in [5.74, 6) is 0. The topological polar surface area (TPSA) is 21.1 Å². The third-order valence-corrected chi connectivity index (χ3v) is 3.59. The van der Waals surface area contributed by atoms with Gasteiger partial charge in [0.25, 0.3) is 0 Å². The van der Waals surface area contributed by atoms with Gasteiger partial charge in [0.05, 0.1) is 11.7 Å². The largest absolute Gasteiger partial charge is 0.304 e. The Hall–Kier alpha value is -0.830. The van der Waals surface area contributed by atoms with E-state index in [1.807, 2.05) is 0 Å².